The van der Waals surface area contributed by atoms with Crippen LogP contribution in [0.1, 0.15) is 25.7 Å². The summed E-state index contributed by atoms with van der Waals surface area (Å²) in [6, 6.07) is 0.366. The largest absolute Gasteiger partial charge is 0.469 e. The lowest BCUT2D eigenvalue weighted by atomic mass is 10.1. The van der Waals surface area contributed by atoms with E-state index in [4.69, 9.17) is 0 Å². The number of likely N-dealkylation sites (tertiary alicyclic amines) is 1. The minimum Gasteiger partial charge on any atom is -0.469 e. The van der Waals surface area contributed by atoms with Crippen molar-refractivity contribution in [3.05, 3.63) is 0 Å². The second-order valence-electron chi connectivity index (χ2n) is 5.26. The summed E-state index contributed by atoms with van der Waals surface area (Å²) in [6.45, 7) is 0.866. The van der Waals surface area contributed by atoms with Gasteiger partial charge in [-0.2, -0.15) is 0 Å². The zero-order chi connectivity index (χ0) is 14.0. The van der Waals surface area contributed by atoms with Gasteiger partial charge in [0.1, 0.15) is 0 Å². The number of ether oxygens (including phenoxy) is 1. The van der Waals surface area contributed by atoms with E-state index in [2.05, 4.69) is 4.74 Å². The number of esters is 1. The molecule has 1 saturated heterocycles. The average molecular weight is 268 g/mol. The van der Waals surface area contributed by atoms with E-state index < -0.39 is 0 Å². The SMILES string of the molecule is COC(=O)CCN(C)C(=O)C1CC(=O)N(C2CC2)C1. The third kappa shape index (κ3) is 3.24. The summed E-state index contributed by atoms with van der Waals surface area (Å²) in [6.07, 6.45) is 2.61. The van der Waals surface area contributed by atoms with Crippen molar-refractivity contribution >= 4 is 17.8 Å². The molecule has 2 amide bonds. The van der Waals surface area contributed by atoms with Gasteiger partial charge in [0.25, 0.3) is 0 Å². The lowest BCUT2D eigenvalue weighted by Gasteiger charge is -2.21. The highest BCUT2D eigenvalue weighted by molar-refractivity contribution is 5.89. The first-order chi connectivity index (χ1) is 9.02. The molecule has 6 nitrogen and oxygen atoms in total. The van der Waals surface area contributed by atoms with Crippen LogP contribution < -0.4 is 0 Å². The Hall–Kier alpha value is -1.59. The Morgan fingerprint density at radius 2 is 2.11 bits per heavy atom. The molecule has 1 atom stereocenters. The molecule has 19 heavy (non-hydrogen) atoms. The Bertz CT molecular complexity index is 392. The van der Waals surface area contributed by atoms with Gasteiger partial charge >= 0.3 is 5.97 Å². The van der Waals surface area contributed by atoms with Gasteiger partial charge in [0, 0.05) is 32.6 Å². The highest BCUT2D eigenvalue weighted by Gasteiger charge is 2.42. The second kappa shape index (κ2) is 5.59. The number of carbonyl (C=O) groups is 3. The van der Waals surface area contributed by atoms with Crippen molar-refractivity contribution in [2.45, 2.75) is 31.7 Å². The lowest BCUT2D eigenvalue weighted by molar-refractivity contribution is -0.142. The van der Waals surface area contributed by atoms with Gasteiger partial charge in [0.2, 0.25) is 11.8 Å². The predicted molar refractivity (Wildman–Crippen MR) is 67.1 cm³/mol. The molecule has 1 heterocycles. The van der Waals surface area contributed by atoms with E-state index in [1.165, 1.54) is 12.0 Å². The van der Waals surface area contributed by atoms with Gasteiger partial charge in [-0.05, 0) is 12.8 Å². The van der Waals surface area contributed by atoms with Crippen molar-refractivity contribution in [3.8, 4) is 0 Å². The van der Waals surface area contributed by atoms with Crippen molar-refractivity contribution < 1.29 is 19.1 Å². The Morgan fingerprint density at radius 1 is 1.42 bits per heavy atom. The van der Waals surface area contributed by atoms with Crippen LogP contribution in [-0.2, 0) is 19.1 Å². The fourth-order valence-corrected chi connectivity index (χ4v) is 2.42. The first-order valence-corrected chi connectivity index (χ1v) is 6.64. The summed E-state index contributed by atoms with van der Waals surface area (Å²) in [5.74, 6) is -0.555. The number of carbonyl (C=O) groups excluding carboxylic acids is 3. The van der Waals surface area contributed by atoms with Crippen molar-refractivity contribution in [1.82, 2.24) is 9.80 Å². The molecule has 106 valence electrons. The van der Waals surface area contributed by atoms with E-state index >= 15 is 0 Å². The molecular weight excluding hydrogens is 248 g/mol. The van der Waals surface area contributed by atoms with Crippen LogP contribution in [0.2, 0.25) is 0 Å². The van der Waals surface area contributed by atoms with Crippen molar-refractivity contribution in [3.63, 3.8) is 0 Å². The van der Waals surface area contributed by atoms with Gasteiger partial charge in [0.15, 0.2) is 0 Å². The molecule has 0 N–H and O–H groups in total. The molecule has 2 fully saturated rings. The van der Waals surface area contributed by atoms with E-state index in [1.54, 1.807) is 7.05 Å². The molecule has 6 heteroatoms. The van der Waals surface area contributed by atoms with E-state index in [0.29, 0.717) is 25.6 Å². The highest BCUT2D eigenvalue weighted by atomic mass is 16.5. The van der Waals surface area contributed by atoms with Gasteiger partial charge in [-0.1, -0.05) is 0 Å². The fourth-order valence-electron chi connectivity index (χ4n) is 2.42. The normalized spacial score (nSPS) is 22.5. The van der Waals surface area contributed by atoms with Gasteiger partial charge in [0.05, 0.1) is 19.4 Å². The minimum absolute atomic E-state index is 0.0552. The summed E-state index contributed by atoms with van der Waals surface area (Å²) in [5.41, 5.74) is 0. The molecule has 0 spiro atoms. The van der Waals surface area contributed by atoms with Crippen LogP contribution in [0.3, 0.4) is 0 Å². The van der Waals surface area contributed by atoms with Crippen LogP contribution in [0.5, 0.6) is 0 Å². The maximum Gasteiger partial charge on any atom is 0.307 e. The van der Waals surface area contributed by atoms with E-state index in [1.807, 2.05) is 4.90 Å². The average Bonchev–Trinajstić information content (AvgIpc) is 3.17. The van der Waals surface area contributed by atoms with E-state index in [-0.39, 0.29) is 30.1 Å². The number of hydrogen-bond donors (Lipinski definition) is 0. The molecular formula is C13H20N2O4. The molecule has 2 rings (SSSR count). The molecule has 0 bridgehead atoms. The van der Waals surface area contributed by atoms with Crippen molar-refractivity contribution in [2.75, 3.05) is 27.2 Å². The van der Waals surface area contributed by atoms with Crippen LogP contribution in [0.15, 0.2) is 0 Å². The zero-order valence-electron chi connectivity index (χ0n) is 11.4. The molecule has 0 aromatic rings. The number of rotatable bonds is 5. The smallest absolute Gasteiger partial charge is 0.307 e. The molecule has 1 unspecified atom stereocenters. The summed E-state index contributed by atoms with van der Waals surface area (Å²) < 4.78 is 4.54. The molecule has 0 aromatic carbocycles. The first-order valence-electron chi connectivity index (χ1n) is 6.64. The number of amides is 2. The summed E-state index contributed by atoms with van der Waals surface area (Å²) in [4.78, 5) is 38.4. The minimum atomic E-state index is -0.332. The highest BCUT2D eigenvalue weighted by Crippen LogP contribution is 2.33. The maximum atomic E-state index is 12.2. The molecule has 1 aliphatic heterocycles. The Balaban J connectivity index is 1.82. The van der Waals surface area contributed by atoms with E-state index in [9.17, 15) is 14.4 Å². The van der Waals surface area contributed by atoms with Crippen LogP contribution in [0.25, 0.3) is 0 Å². The fraction of sp³-hybridized carbons (Fsp3) is 0.769. The second-order valence-corrected chi connectivity index (χ2v) is 5.26. The van der Waals surface area contributed by atoms with Gasteiger partial charge in [-0.25, -0.2) is 0 Å². The predicted octanol–water partition coefficient (Wildman–Crippen LogP) is 0.0188. The zero-order valence-corrected chi connectivity index (χ0v) is 11.4. The van der Waals surface area contributed by atoms with Crippen molar-refractivity contribution in [2.24, 2.45) is 5.92 Å². The summed E-state index contributed by atoms with van der Waals surface area (Å²) >= 11 is 0. The van der Waals surface area contributed by atoms with Crippen LogP contribution in [0.4, 0.5) is 0 Å². The quantitative estimate of drug-likeness (QED) is 0.659. The van der Waals surface area contributed by atoms with Crippen molar-refractivity contribution in [1.29, 1.82) is 0 Å². The number of methoxy groups -OCH3 is 1. The number of hydrogen-bond acceptors (Lipinski definition) is 4. The van der Waals surface area contributed by atoms with Gasteiger partial charge < -0.3 is 14.5 Å². The van der Waals surface area contributed by atoms with Crippen LogP contribution in [0, 0.1) is 5.92 Å². The Labute approximate surface area is 112 Å². The van der Waals surface area contributed by atoms with Gasteiger partial charge in [-0.15, -0.1) is 0 Å². The Kier molecular flexibility index (Phi) is 4.07. The standard InChI is InChI=1S/C13H20N2O4/c1-14(6-5-12(17)19-2)13(18)9-7-11(16)15(8-9)10-3-4-10/h9-10H,3-8H2,1-2H3. The molecule has 0 aromatic heterocycles. The number of nitrogens with zero attached hydrogens (tertiary/aromatic N) is 2. The lowest BCUT2D eigenvalue weighted by Crippen LogP contribution is -2.36. The molecule has 2 aliphatic rings. The Morgan fingerprint density at radius 3 is 2.68 bits per heavy atom. The first kappa shape index (κ1) is 13.8. The molecule has 0 radical (unpaired) electrons. The van der Waals surface area contributed by atoms with Crippen LogP contribution >= 0.6 is 0 Å². The van der Waals surface area contributed by atoms with Crippen LogP contribution in [-0.4, -0.2) is 60.9 Å². The molecule has 1 saturated carbocycles. The topological polar surface area (TPSA) is 66.9 Å². The third-order valence-corrected chi connectivity index (χ3v) is 3.75. The maximum absolute atomic E-state index is 12.2. The van der Waals surface area contributed by atoms with E-state index in [0.717, 1.165) is 12.8 Å². The summed E-state index contributed by atoms with van der Waals surface area (Å²) in [5, 5.41) is 0. The summed E-state index contributed by atoms with van der Waals surface area (Å²) in [7, 11) is 2.99. The molecule has 1 aliphatic carbocycles. The monoisotopic (exact) mass is 268 g/mol. The third-order valence-electron chi connectivity index (χ3n) is 3.75. The van der Waals surface area contributed by atoms with Gasteiger partial charge in [-0.3, -0.25) is 14.4 Å².